The average Bonchev–Trinajstić information content (AvgIpc) is 3.08. The Morgan fingerprint density at radius 3 is 2.52 bits per heavy atom. The third kappa shape index (κ3) is 4.63. The zero-order chi connectivity index (χ0) is 22.3. The van der Waals surface area contributed by atoms with E-state index in [4.69, 9.17) is 27.6 Å². The molecule has 31 heavy (non-hydrogen) atoms. The van der Waals surface area contributed by atoms with Crippen molar-refractivity contribution in [1.82, 2.24) is 4.90 Å². The molecular weight excluding hydrogens is 461 g/mol. The molecule has 4 rings (SSSR count). The van der Waals surface area contributed by atoms with Gasteiger partial charge in [-0.25, -0.2) is 8.42 Å². The molecule has 0 spiro atoms. The highest BCUT2D eigenvalue weighted by atomic mass is 35.5. The third-order valence-electron chi connectivity index (χ3n) is 5.40. The summed E-state index contributed by atoms with van der Waals surface area (Å²) in [5, 5.41) is 1.26. The molecule has 3 aromatic rings. The number of rotatable bonds is 4. The number of hydrogen-bond acceptors (Lipinski definition) is 5. The van der Waals surface area contributed by atoms with E-state index in [0.29, 0.717) is 22.0 Å². The smallest absolute Gasteiger partial charge is 0.290 e. The Bertz CT molecular complexity index is 1330. The zero-order valence-corrected chi connectivity index (χ0v) is 18.9. The minimum atomic E-state index is -3.23. The second-order valence-corrected chi connectivity index (χ2v) is 10.8. The monoisotopic (exact) mass is 479 g/mol. The summed E-state index contributed by atoms with van der Waals surface area (Å²) in [6.07, 6.45) is 0.328. The Kier molecular flexibility index (Phi) is 5.85. The van der Waals surface area contributed by atoms with Crippen LogP contribution in [0.4, 0.5) is 0 Å². The highest BCUT2D eigenvalue weighted by Crippen LogP contribution is 2.26. The van der Waals surface area contributed by atoms with E-state index in [9.17, 15) is 18.0 Å². The molecule has 1 amide bonds. The van der Waals surface area contributed by atoms with Gasteiger partial charge in [-0.15, -0.1) is 0 Å². The van der Waals surface area contributed by atoms with Crippen LogP contribution in [0.5, 0.6) is 0 Å². The molecule has 0 unspecified atom stereocenters. The van der Waals surface area contributed by atoms with Gasteiger partial charge in [-0.05, 0) is 48.7 Å². The summed E-state index contributed by atoms with van der Waals surface area (Å²) >= 11 is 12.1. The molecule has 0 saturated carbocycles. The lowest BCUT2D eigenvalue weighted by atomic mass is 10.1. The van der Waals surface area contributed by atoms with E-state index >= 15 is 0 Å². The summed E-state index contributed by atoms with van der Waals surface area (Å²) in [6, 6.07) is 10.7. The van der Waals surface area contributed by atoms with E-state index in [1.54, 1.807) is 37.3 Å². The molecule has 1 aromatic heterocycles. The Labute approximate surface area is 189 Å². The number of aryl methyl sites for hydroxylation is 1. The van der Waals surface area contributed by atoms with Gasteiger partial charge < -0.3 is 9.32 Å². The van der Waals surface area contributed by atoms with Gasteiger partial charge in [-0.1, -0.05) is 35.3 Å². The van der Waals surface area contributed by atoms with Crippen molar-refractivity contribution in [2.45, 2.75) is 25.9 Å². The molecule has 0 radical (unpaired) electrons. The van der Waals surface area contributed by atoms with Gasteiger partial charge in [0, 0.05) is 28.7 Å². The summed E-state index contributed by atoms with van der Waals surface area (Å²) in [5.41, 5.74) is 1.36. The van der Waals surface area contributed by atoms with Crippen molar-refractivity contribution in [3.05, 3.63) is 79.6 Å². The summed E-state index contributed by atoms with van der Waals surface area (Å²) in [5.74, 6) is -0.790. The number of carbonyl (C=O) groups is 1. The summed E-state index contributed by atoms with van der Waals surface area (Å²) < 4.78 is 29.9. The van der Waals surface area contributed by atoms with Crippen molar-refractivity contribution >= 4 is 49.9 Å². The minimum absolute atomic E-state index is 0.0153. The largest absolute Gasteiger partial charge is 0.451 e. The normalized spacial score (nSPS) is 17.7. The van der Waals surface area contributed by atoms with Gasteiger partial charge in [0.25, 0.3) is 5.91 Å². The highest BCUT2D eigenvalue weighted by molar-refractivity contribution is 7.91. The molecule has 162 valence electrons. The number of amides is 1. The van der Waals surface area contributed by atoms with Crippen LogP contribution in [-0.2, 0) is 16.4 Å². The summed E-state index contributed by atoms with van der Waals surface area (Å²) in [4.78, 5) is 27.5. The standard InChI is InChI=1S/C22H19Cl2NO5S/c1-13-8-20-17(9-18(13)24)19(26)10-21(30-20)22(27)25(16-6-7-31(28,29)12-16)11-14-2-4-15(23)5-3-14/h2-5,8-10,16H,6-7,11-12H2,1H3/t16-/m1/s1. The molecule has 2 aromatic carbocycles. The Morgan fingerprint density at radius 1 is 1.16 bits per heavy atom. The number of sulfone groups is 1. The van der Waals surface area contributed by atoms with Crippen molar-refractivity contribution in [3.63, 3.8) is 0 Å². The topological polar surface area (TPSA) is 84.7 Å². The molecular formula is C22H19Cl2NO5S. The van der Waals surface area contributed by atoms with Crippen LogP contribution in [0, 0.1) is 6.92 Å². The Morgan fingerprint density at radius 2 is 1.87 bits per heavy atom. The molecule has 0 aliphatic carbocycles. The first-order valence-electron chi connectivity index (χ1n) is 9.63. The quantitative estimate of drug-likeness (QED) is 0.558. The minimum Gasteiger partial charge on any atom is -0.451 e. The maximum atomic E-state index is 13.4. The Balaban J connectivity index is 1.75. The predicted octanol–water partition coefficient (Wildman–Crippen LogP) is 4.24. The van der Waals surface area contributed by atoms with Gasteiger partial charge >= 0.3 is 0 Å². The summed E-state index contributed by atoms with van der Waals surface area (Å²) in [6.45, 7) is 1.93. The predicted molar refractivity (Wildman–Crippen MR) is 121 cm³/mol. The lowest BCUT2D eigenvalue weighted by Gasteiger charge is -2.28. The van der Waals surface area contributed by atoms with Crippen LogP contribution in [0.15, 0.2) is 51.7 Å². The fourth-order valence-corrected chi connectivity index (χ4v) is 5.72. The molecule has 9 heteroatoms. The Hall–Kier alpha value is -2.35. The second kappa shape index (κ2) is 8.30. The number of fused-ring (bicyclic) bond motifs is 1. The zero-order valence-electron chi connectivity index (χ0n) is 16.6. The molecule has 1 atom stereocenters. The molecule has 2 heterocycles. The van der Waals surface area contributed by atoms with Crippen molar-refractivity contribution < 1.29 is 17.6 Å². The fraction of sp³-hybridized carbons (Fsp3) is 0.273. The average molecular weight is 480 g/mol. The van der Waals surface area contributed by atoms with Crippen LogP contribution in [0.25, 0.3) is 11.0 Å². The lowest BCUT2D eigenvalue weighted by molar-refractivity contribution is 0.0648. The molecule has 1 fully saturated rings. The van der Waals surface area contributed by atoms with Crippen LogP contribution >= 0.6 is 23.2 Å². The highest BCUT2D eigenvalue weighted by Gasteiger charge is 2.36. The number of benzene rings is 2. The van der Waals surface area contributed by atoms with E-state index in [-0.39, 0.29) is 34.8 Å². The maximum absolute atomic E-state index is 13.4. The number of halogens is 2. The first kappa shape index (κ1) is 21.9. The second-order valence-electron chi connectivity index (χ2n) is 7.69. The van der Waals surface area contributed by atoms with Crippen molar-refractivity contribution in [2.75, 3.05) is 11.5 Å². The molecule has 1 saturated heterocycles. The van der Waals surface area contributed by atoms with Crippen molar-refractivity contribution in [2.24, 2.45) is 0 Å². The molecule has 6 nitrogen and oxygen atoms in total. The van der Waals surface area contributed by atoms with Crippen LogP contribution in [0.1, 0.15) is 28.1 Å². The third-order valence-corrected chi connectivity index (χ3v) is 7.80. The van der Waals surface area contributed by atoms with E-state index in [0.717, 1.165) is 11.6 Å². The van der Waals surface area contributed by atoms with E-state index in [2.05, 4.69) is 0 Å². The SMILES string of the molecule is Cc1cc2oc(C(=O)N(Cc3ccc(Cl)cc3)[C@@H]3CCS(=O)(=O)C3)cc(=O)c2cc1Cl. The van der Waals surface area contributed by atoms with Crippen molar-refractivity contribution in [3.8, 4) is 0 Å². The van der Waals surface area contributed by atoms with Crippen LogP contribution in [0.3, 0.4) is 0 Å². The fourth-order valence-electron chi connectivity index (χ4n) is 3.70. The summed E-state index contributed by atoms with van der Waals surface area (Å²) in [7, 11) is -3.23. The first-order valence-corrected chi connectivity index (χ1v) is 12.2. The molecule has 0 bridgehead atoms. The molecule has 0 N–H and O–H groups in total. The van der Waals surface area contributed by atoms with Crippen molar-refractivity contribution in [1.29, 1.82) is 0 Å². The van der Waals surface area contributed by atoms with E-state index < -0.39 is 27.2 Å². The number of carbonyl (C=O) groups excluding carboxylic acids is 1. The van der Waals surface area contributed by atoms with Gasteiger partial charge in [0.1, 0.15) is 5.58 Å². The maximum Gasteiger partial charge on any atom is 0.290 e. The van der Waals surface area contributed by atoms with Gasteiger partial charge in [0.2, 0.25) is 0 Å². The first-order chi connectivity index (χ1) is 14.6. The van der Waals surface area contributed by atoms with Gasteiger partial charge in [-0.2, -0.15) is 0 Å². The molecule has 1 aliphatic rings. The number of nitrogens with zero attached hydrogens (tertiary/aromatic N) is 1. The van der Waals surface area contributed by atoms with E-state index in [1.165, 1.54) is 11.0 Å². The van der Waals surface area contributed by atoms with Gasteiger partial charge in [0.15, 0.2) is 21.0 Å². The lowest BCUT2D eigenvalue weighted by Crippen LogP contribution is -2.40. The van der Waals surface area contributed by atoms with Crippen LogP contribution in [-0.4, -0.2) is 36.8 Å². The molecule has 1 aliphatic heterocycles. The van der Waals surface area contributed by atoms with E-state index in [1.807, 2.05) is 0 Å². The van der Waals surface area contributed by atoms with Crippen LogP contribution in [0.2, 0.25) is 10.0 Å². The van der Waals surface area contributed by atoms with Gasteiger partial charge in [0.05, 0.1) is 16.9 Å². The van der Waals surface area contributed by atoms with Crippen LogP contribution < -0.4 is 5.43 Å². The van der Waals surface area contributed by atoms with Gasteiger partial charge in [-0.3, -0.25) is 9.59 Å². The number of hydrogen-bond donors (Lipinski definition) is 0.